The first kappa shape index (κ1) is 13.6. The Morgan fingerprint density at radius 3 is 2.95 bits per heavy atom. The summed E-state index contributed by atoms with van der Waals surface area (Å²) in [4.78, 5) is 0. The molecule has 2 unspecified atom stereocenters. The molecule has 19 heavy (non-hydrogen) atoms. The zero-order valence-corrected chi connectivity index (χ0v) is 12.3. The summed E-state index contributed by atoms with van der Waals surface area (Å²) in [5.74, 6) is 0.423. The van der Waals surface area contributed by atoms with E-state index < -0.39 is 0 Å². The maximum atomic E-state index is 10.5. The average molecular weight is 280 g/mol. The first-order valence-corrected chi connectivity index (χ1v) is 8.55. The van der Waals surface area contributed by atoms with Gasteiger partial charge in [0.1, 0.15) is 0 Å². The number of ether oxygens (including phenoxy) is 1. The van der Waals surface area contributed by atoms with Gasteiger partial charge in [0, 0.05) is 6.61 Å². The van der Waals surface area contributed by atoms with Crippen LogP contribution in [-0.2, 0) is 11.2 Å². The minimum atomic E-state index is -0.197. The van der Waals surface area contributed by atoms with Crippen LogP contribution in [0.5, 0.6) is 0 Å². The third-order valence-electron chi connectivity index (χ3n) is 4.86. The number of hydrogen-bond donors (Lipinski definition) is 1. The number of rotatable bonds is 3. The first-order chi connectivity index (χ1) is 9.27. The van der Waals surface area contributed by atoms with E-state index in [4.69, 9.17) is 4.74 Å². The van der Waals surface area contributed by atoms with Crippen LogP contribution in [0.15, 0.2) is 16.8 Å². The summed E-state index contributed by atoms with van der Waals surface area (Å²) in [5.41, 5.74) is 1.39. The third kappa shape index (κ3) is 3.21. The third-order valence-corrected chi connectivity index (χ3v) is 5.60. The van der Waals surface area contributed by atoms with Crippen LogP contribution in [0.3, 0.4) is 0 Å². The normalized spacial score (nSPS) is 28.4. The zero-order valence-electron chi connectivity index (χ0n) is 11.5. The molecule has 1 saturated heterocycles. The SMILES string of the molecule is OC(Cc1ccsc1)C1CCOC2(CCCCC2)C1. The van der Waals surface area contributed by atoms with E-state index in [0.717, 1.165) is 25.9 Å². The van der Waals surface area contributed by atoms with Crippen molar-refractivity contribution in [1.29, 1.82) is 0 Å². The van der Waals surface area contributed by atoms with Crippen molar-refractivity contribution in [3.05, 3.63) is 22.4 Å². The Balaban J connectivity index is 1.61. The van der Waals surface area contributed by atoms with Crippen LogP contribution in [0.2, 0.25) is 0 Å². The van der Waals surface area contributed by atoms with Crippen LogP contribution in [0, 0.1) is 5.92 Å². The van der Waals surface area contributed by atoms with Gasteiger partial charge < -0.3 is 9.84 Å². The van der Waals surface area contributed by atoms with Crippen molar-refractivity contribution in [2.75, 3.05) is 6.61 Å². The second kappa shape index (κ2) is 5.94. The summed E-state index contributed by atoms with van der Waals surface area (Å²) in [5, 5.41) is 14.8. The van der Waals surface area contributed by atoms with Crippen LogP contribution in [0.4, 0.5) is 0 Å². The highest BCUT2D eigenvalue weighted by atomic mass is 32.1. The number of aliphatic hydroxyl groups is 1. The Labute approximate surface area is 119 Å². The summed E-state index contributed by atoms with van der Waals surface area (Å²) < 4.78 is 6.11. The largest absolute Gasteiger partial charge is 0.392 e. The lowest BCUT2D eigenvalue weighted by Gasteiger charge is -2.44. The van der Waals surface area contributed by atoms with Gasteiger partial charge in [0.15, 0.2) is 0 Å². The highest BCUT2D eigenvalue weighted by Gasteiger charge is 2.40. The minimum Gasteiger partial charge on any atom is -0.392 e. The molecule has 2 aliphatic rings. The Hall–Kier alpha value is -0.380. The summed E-state index contributed by atoms with van der Waals surface area (Å²) >= 11 is 1.71. The topological polar surface area (TPSA) is 29.5 Å². The van der Waals surface area contributed by atoms with Gasteiger partial charge in [-0.2, -0.15) is 11.3 Å². The van der Waals surface area contributed by atoms with Gasteiger partial charge >= 0.3 is 0 Å². The molecule has 0 bridgehead atoms. The van der Waals surface area contributed by atoms with Gasteiger partial charge in [0.05, 0.1) is 11.7 Å². The molecule has 1 aliphatic heterocycles. The molecule has 3 heteroatoms. The fourth-order valence-electron chi connectivity index (χ4n) is 3.76. The Morgan fingerprint density at radius 1 is 1.37 bits per heavy atom. The molecule has 0 radical (unpaired) electrons. The number of thiophene rings is 1. The van der Waals surface area contributed by atoms with E-state index in [1.54, 1.807) is 11.3 Å². The van der Waals surface area contributed by atoms with Gasteiger partial charge in [-0.05, 0) is 60.4 Å². The average Bonchev–Trinajstić information content (AvgIpc) is 2.92. The lowest BCUT2D eigenvalue weighted by molar-refractivity contribution is -0.133. The van der Waals surface area contributed by atoms with E-state index in [0.29, 0.717) is 5.92 Å². The quantitative estimate of drug-likeness (QED) is 0.913. The molecule has 2 atom stereocenters. The standard InChI is InChI=1S/C16H24O2S/c17-15(10-13-5-9-19-12-13)14-4-8-18-16(11-14)6-2-1-3-7-16/h5,9,12,14-15,17H,1-4,6-8,10-11H2. The molecular weight excluding hydrogens is 256 g/mol. The van der Waals surface area contributed by atoms with Crippen molar-refractivity contribution in [2.45, 2.75) is 63.1 Å². The molecule has 1 spiro atoms. The molecule has 0 aromatic carbocycles. The van der Waals surface area contributed by atoms with Crippen LogP contribution in [-0.4, -0.2) is 23.4 Å². The first-order valence-electron chi connectivity index (χ1n) is 7.61. The molecule has 1 aromatic heterocycles. The number of hydrogen-bond acceptors (Lipinski definition) is 3. The van der Waals surface area contributed by atoms with Crippen LogP contribution in [0.1, 0.15) is 50.5 Å². The molecule has 3 rings (SSSR count). The molecule has 1 N–H and O–H groups in total. The van der Waals surface area contributed by atoms with E-state index in [1.807, 2.05) is 0 Å². The Morgan fingerprint density at radius 2 is 2.21 bits per heavy atom. The lowest BCUT2D eigenvalue weighted by atomic mass is 9.74. The van der Waals surface area contributed by atoms with Crippen LogP contribution >= 0.6 is 11.3 Å². The molecule has 2 nitrogen and oxygen atoms in total. The maximum Gasteiger partial charge on any atom is 0.0686 e. The van der Waals surface area contributed by atoms with Crippen LogP contribution < -0.4 is 0 Å². The Bertz CT molecular complexity index is 376. The van der Waals surface area contributed by atoms with Gasteiger partial charge in [0.25, 0.3) is 0 Å². The summed E-state index contributed by atoms with van der Waals surface area (Å²) in [6.07, 6.45) is 9.06. The van der Waals surface area contributed by atoms with E-state index in [1.165, 1.54) is 37.7 Å². The molecule has 1 aromatic rings. The van der Waals surface area contributed by atoms with E-state index in [-0.39, 0.29) is 11.7 Å². The second-order valence-corrected chi connectivity index (χ2v) is 7.03. The molecule has 2 fully saturated rings. The monoisotopic (exact) mass is 280 g/mol. The van der Waals surface area contributed by atoms with Crippen molar-refractivity contribution in [1.82, 2.24) is 0 Å². The van der Waals surface area contributed by atoms with Gasteiger partial charge in [-0.1, -0.05) is 19.3 Å². The molecule has 1 saturated carbocycles. The molecule has 0 amide bonds. The van der Waals surface area contributed by atoms with Crippen molar-refractivity contribution >= 4 is 11.3 Å². The molecule has 1 aliphatic carbocycles. The van der Waals surface area contributed by atoms with Crippen molar-refractivity contribution in [3.63, 3.8) is 0 Å². The molecular formula is C16H24O2S. The number of aliphatic hydroxyl groups excluding tert-OH is 1. The van der Waals surface area contributed by atoms with Gasteiger partial charge in [-0.15, -0.1) is 0 Å². The van der Waals surface area contributed by atoms with Gasteiger partial charge in [-0.3, -0.25) is 0 Å². The fraction of sp³-hybridized carbons (Fsp3) is 0.750. The van der Waals surface area contributed by atoms with E-state index in [9.17, 15) is 5.11 Å². The predicted octanol–water partition coefficient (Wildman–Crippen LogP) is 3.78. The van der Waals surface area contributed by atoms with Crippen molar-refractivity contribution < 1.29 is 9.84 Å². The lowest BCUT2D eigenvalue weighted by Crippen LogP contribution is -2.44. The summed E-state index contributed by atoms with van der Waals surface area (Å²) in [6.45, 7) is 0.839. The Kier molecular flexibility index (Phi) is 4.25. The smallest absolute Gasteiger partial charge is 0.0686 e. The van der Waals surface area contributed by atoms with Gasteiger partial charge in [0.2, 0.25) is 0 Å². The van der Waals surface area contributed by atoms with Crippen molar-refractivity contribution in [3.8, 4) is 0 Å². The predicted molar refractivity (Wildman–Crippen MR) is 78.5 cm³/mol. The minimum absolute atomic E-state index is 0.108. The highest BCUT2D eigenvalue weighted by Crippen LogP contribution is 2.41. The summed E-state index contributed by atoms with van der Waals surface area (Å²) in [6, 6.07) is 2.13. The second-order valence-electron chi connectivity index (χ2n) is 6.25. The van der Waals surface area contributed by atoms with E-state index >= 15 is 0 Å². The van der Waals surface area contributed by atoms with E-state index in [2.05, 4.69) is 16.8 Å². The summed E-state index contributed by atoms with van der Waals surface area (Å²) in [7, 11) is 0. The molecule has 106 valence electrons. The zero-order chi connectivity index (χ0) is 13.1. The van der Waals surface area contributed by atoms with Crippen LogP contribution in [0.25, 0.3) is 0 Å². The maximum absolute atomic E-state index is 10.5. The fourth-order valence-corrected chi connectivity index (χ4v) is 4.44. The molecule has 2 heterocycles. The van der Waals surface area contributed by atoms with Crippen molar-refractivity contribution in [2.24, 2.45) is 5.92 Å². The highest BCUT2D eigenvalue weighted by molar-refractivity contribution is 7.07. The van der Waals surface area contributed by atoms with Gasteiger partial charge in [-0.25, -0.2) is 0 Å².